The van der Waals surface area contributed by atoms with Crippen LogP contribution in [0.1, 0.15) is 6.92 Å². The fourth-order valence-electron chi connectivity index (χ4n) is 0.472. The second kappa shape index (κ2) is 5.02. The van der Waals surface area contributed by atoms with Gasteiger partial charge in [0.05, 0.1) is 18.6 Å². The zero-order chi connectivity index (χ0) is 10.5. The molecular formula is C7H9F4NO. The van der Waals surface area contributed by atoms with Crippen LogP contribution >= 0.6 is 0 Å². The Hall–Kier alpha value is -0.830. The Morgan fingerprint density at radius 2 is 2.00 bits per heavy atom. The molecule has 1 atom stereocenters. The first-order valence-electron chi connectivity index (χ1n) is 3.53. The smallest absolute Gasteiger partial charge is 0.330 e. The lowest BCUT2D eigenvalue weighted by atomic mass is 10.2. The fourth-order valence-corrected chi connectivity index (χ4v) is 0.472. The molecule has 0 N–H and O–H groups in total. The van der Waals surface area contributed by atoms with Crippen molar-refractivity contribution in [3.8, 4) is 6.07 Å². The predicted molar refractivity (Wildman–Crippen MR) is 36.5 cm³/mol. The van der Waals surface area contributed by atoms with Crippen LogP contribution in [-0.2, 0) is 4.74 Å². The third-order valence-electron chi connectivity index (χ3n) is 1.20. The van der Waals surface area contributed by atoms with E-state index in [4.69, 9.17) is 5.26 Å². The van der Waals surface area contributed by atoms with Crippen molar-refractivity contribution in [1.29, 1.82) is 5.26 Å². The van der Waals surface area contributed by atoms with Crippen LogP contribution in [0.4, 0.5) is 17.6 Å². The van der Waals surface area contributed by atoms with Gasteiger partial charge < -0.3 is 4.74 Å². The number of ether oxygens (including phenoxy) is 1. The summed E-state index contributed by atoms with van der Waals surface area (Å²) in [4.78, 5) is 0. The molecule has 0 aromatic heterocycles. The Labute approximate surface area is 73.1 Å². The summed E-state index contributed by atoms with van der Waals surface area (Å²) >= 11 is 0. The van der Waals surface area contributed by atoms with Crippen molar-refractivity contribution in [2.24, 2.45) is 5.92 Å². The highest BCUT2D eigenvalue weighted by molar-refractivity contribution is 4.78. The lowest BCUT2D eigenvalue weighted by Crippen LogP contribution is -2.32. The van der Waals surface area contributed by atoms with Gasteiger partial charge in [0.1, 0.15) is 6.61 Å². The first kappa shape index (κ1) is 12.2. The van der Waals surface area contributed by atoms with Gasteiger partial charge in [0.2, 0.25) is 0 Å². The maximum Gasteiger partial charge on any atom is 0.330 e. The van der Waals surface area contributed by atoms with Gasteiger partial charge >= 0.3 is 12.3 Å². The monoisotopic (exact) mass is 199 g/mol. The molecule has 0 rings (SSSR count). The second-order valence-electron chi connectivity index (χ2n) is 2.61. The molecule has 0 aliphatic carbocycles. The molecule has 2 nitrogen and oxygen atoms in total. The minimum atomic E-state index is -4.13. The summed E-state index contributed by atoms with van der Waals surface area (Å²) in [5.74, 6) is -4.71. The normalized spacial score (nSPS) is 14.2. The number of nitriles is 1. The third-order valence-corrected chi connectivity index (χ3v) is 1.20. The topological polar surface area (TPSA) is 33.0 Å². The van der Waals surface area contributed by atoms with Crippen molar-refractivity contribution in [1.82, 2.24) is 0 Å². The number of halogens is 4. The summed E-state index contributed by atoms with van der Waals surface area (Å²) < 4.78 is 51.6. The number of rotatable bonds is 5. The molecule has 1 unspecified atom stereocenters. The van der Waals surface area contributed by atoms with Gasteiger partial charge in [0.25, 0.3) is 0 Å². The molecule has 0 heterocycles. The van der Waals surface area contributed by atoms with Crippen molar-refractivity contribution < 1.29 is 22.3 Å². The van der Waals surface area contributed by atoms with Crippen LogP contribution < -0.4 is 0 Å². The lowest BCUT2D eigenvalue weighted by molar-refractivity contribution is -0.166. The van der Waals surface area contributed by atoms with Crippen LogP contribution in [-0.4, -0.2) is 25.6 Å². The van der Waals surface area contributed by atoms with Crippen molar-refractivity contribution in [2.45, 2.75) is 19.3 Å². The molecule has 0 radical (unpaired) electrons. The number of nitrogens with zero attached hydrogens (tertiary/aromatic N) is 1. The Bertz CT molecular complexity index is 189. The van der Waals surface area contributed by atoms with Gasteiger partial charge in [-0.15, -0.1) is 0 Å². The zero-order valence-corrected chi connectivity index (χ0v) is 6.94. The average molecular weight is 199 g/mol. The molecule has 0 aliphatic rings. The molecule has 0 amide bonds. The maximum atomic E-state index is 12.1. The minimum Gasteiger partial charge on any atom is -0.374 e. The molecule has 76 valence electrons. The zero-order valence-electron chi connectivity index (χ0n) is 6.94. The molecule has 0 aromatic carbocycles. The van der Waals surface area contributed by atoms with Gasteiger partial charge in [-0.2, -0.15) is 14.0 Å². The summed E-state index contributed by atoms with van der Waals surface area (Å²) in [5, 5.41) is 8.21. The van der Waals surface area contributed by atoms with E-state index in [-0.39, 0.29) is 6.61 Å². The standard InChI is InChI=1S/C7H9F4NO/c1-5(2-12)3-13-4-7(10,11)6(8)9/h5-6H,3-4H2,1H3. The third kappa shape index (κ3) is 4.68. The van der Waals surface area contributed by atoms with E-state index in [0.29, 0.717) is 0 Å². The van der Waals surface area contributed by atoms with Gasteiger partial charge in [-0.3, -0.25) is 0 Å². The lowest BCUT2D eigenvalue weighted by Gasteiger charge is -2.15. The molecular weight excluding hydrogens is 190 g/mol. The van der Waals surface area contributed by atoms with E-state index >= 15 is 0 Å². The first-order chi connectivity index (χ1) is 5.90. The van der Waals surface area contributed by atoms with Gasteiger partial charge in [-0.05, 0) is 6.92 Å². The molecule has 0 aliphatic heterocycles. The van der Waals surface area contributed by atoms with Crippen LogP contribution in [0.3, 0.4) is 0 Å². The summed E-state index contributed by atoms with van der Waals surface area (Å²) in [5.41, 5.74) is 0. The van der Waals surface area contributed by atoms with E-state index in [2.05, 4.69) is 4.74 Å². The van der Waals surface area contributed by atoms with E-state index in [1.54, 1.807) is 6.07 Å². The molecule has 0 aromatic rings. The van der Waals surface area contributed by atoms with Crippen LogP contribution in [0.2, 0.25) is 0 Å². The summed E-state index contributed by atoms with van der Waals surface area (Å²) in [6.45, 7) is -0.171. The van der Waals surface area contributed by atoms with Crippen molar-refractivity contribution in [3.05, 3.63) is 0 Å². The first-order valence-corrected chi connectivity index (χ1v) is 3.53. The largest absolute Gasteiger partial charge is 0.374 e. The summed E-state index contributed by atoms with van der Waals surface area (Å²) in [7, 11) is 0. The molecule has 0 fully saturated rings. The Kier molecular flexibility index (Phi) is 4.70. The molecule has 0 bridgehead atoms. The average Bonchev–Trinajstić information content (AvgIpc) is 2.03. The molecule has 13 heavy (non-hydrogen) atoms. The van der Waals surface area contributed by atoms with Gasteiger partial charge in [0, 0.05) is 0 Å². The molecule has 0 saturated carbocycles. The Balaban J connectivity index is 3.71. The van der Waals surface area contributed by atoms with Gasteiger partial charge in [0.15, 0.2) is 0 Å². The Morgan fingerprint density at radius 3 is 2.38 bits per heavy atom. The maximum absolute atomic E-state index is 12.1. The summed E-state index contributed by atoms with van der Waals surface area (Å²) in [6.07, 6.45) is -3.73. The van der Waals surface area contributed by atoms with E-state index < -0.39 is 24.9 Å². The van der Waals surface area contributed by atoms with Crippen molar-refractivity contribution >= 4 is 0 Å². The fraction of sp³-hybridized carbons (Fsp3) is 0.857. The van der Waals surface area contributed by atoms with E-state index in [1.807, 2.05) is 0 Å². The second-order valence-corrected chi connectivity index (χ2v) is 2.61. The quantitative estimate of drug-likeness (QED) is 0.635. The van der Waals surface area contributed by atoms with Gasteiger partial charge in [-0.25, -0.2) is 8.78 Å². The summed E-state index contributed by atoms with van der Waals surface area (Å²) in [6, 6.07) is 1.72. The highest BCUT2D eigenvalue weighted by Crippen LogP contribution is 2.22. The van der Waals surface area contributed by atoms with Crippen LogP contribution in [0.25, 0.3) is 0 Å². The SMILES string of the molecule is CC(C#N)COCC(F)(F)C(F)F. The number of alkyl halides is 4. The minimum absolute atomic E-state index is 0.265. The van der Waals surface area contributed by atoms with Crippen molar-refractivity contribution in [2.75, 3.05) is 13.2 Å². The van der Waals surface area contributed by atoms with Gasteiger partial charge in [-0.1, -0.05) is 0 Å². The van der Waals surface area contributed by atoms with Crippen LogP contribution in [0.5, 0.6) is 0 Å². The molecule has 0 spiro atoms. The number of hydrogen-bond donors (Lipinski definition) is 0. The van der Waals surface area contributed by atoms with E-state index in [9.17, 15) is 17.6 Å². The van der Waals surface area contributed by atoms with E-state index in [1.165, 1.54) is 6.92 Å². The molecule has 6 heteroatoms. The molecule has 0 saturated heterocycles. The number of hydrogen-bond acceptors (Lipinski definition) is 2. The van der Waals surface area contributed by atoms with Crippen LogP contribution in [0.15, 0.2) is 0 Å². The Morgan fingerprint density at radius 1 is 1.46 bits per heavy atom. The van der Waals surface area contributed by atoms with Crippen LogP contribution in [0, 0.1) is 17.2 Å². The van der Waals surface area contributed by atoms with Crippen molar-refractivity contribution in [3.63, 3.8) is 0 Å². The predicted octanol–water partition coefficient (Wildman–Crippen LogP) is 2.06. The highest BCUT2D eigenvalue weighted by atomic mass is 19.3. The highest BCUT2D eigenvalue weighted by Gasteiger charge is 2.40. The van der Waals surface area contributed by atoms with E-state index in [0.717, 1.165) is 0 Å².